The van der Waals surface area contributed by atoms with Gasteiger partial charge in [-0.15, -0.1) is 0 Å². The third-order valence-corrected chi connectivity index (χ3v) is 7.74. The Hall–Kier alpha value is -2.49. The van der Waals surface area contributed by atoms with Crippen LogP contribution in [0.5, 0.6) is 0 Å². The summed E-state index contributed by atoms with van der Waals surface area (Å²) in [6, 6.07) is 9.03. The number of hydrogen-bond donors (Lipinski definition) is 1. The van der Waals surface area contributed by atoms with Crippen LogP contribution in [0.4, 0.5) is 4.39 Å². The average molecular weight is 509 g/mol. The predicted molar refractivity (Wildman–Crippen MR) is 125 cm³/mol. The lowest BCUT2D eigenvalue weighted by Gasteiger charge is -2.36. The van der Waals surface area contributed by atoms with Gasteiger partial charge in [0, 0.05) is 24.3 Å². The molecule has 2 aromatic rings. The normalized spacial score (nSPS) is 21.7. The predicted octanol–water partition coefficient (Wildman–Crippen LogP) is 3.24. The molecule has 0 unspecified atom stereocenters. The molecule has 2 heterocycles. The summed E-state index contributed by atoms with van der Waals surface area (Å²) in [5.74, 6) is -1.27. The van der Waals surface area contributed by atoms with Crippen LogP contribution in [0.25, 0.3) is 0 Å². The van der Waals surface area contributed by atoms with Gasteiger partial charge >= 0.3 is 0 Å². The quantitative estimate of drug-likeness (QED) is 0.646. The van der Waals surface area contributed by atoms with Crippen molar-refractivity contribution in [2.75, 3.05) is 26.0 Å². The molecule has 0 spiro atoms. The minimum atomic E-state index is -3.48. The largest absolute Gasteiger partial charge is 0.381 e. The summed E-state index contributed by atoms with van der Waals surface area (Å²) in [6.07, 6.45) is 1.54. The highest BCUT2D eigenvalue weighted by Gasteiger charge is 2.40. The first-order chi connectivity index (χ1) is 16.0. The van der Waals surface area contributed by atoms with Crippen molar-refractivity contribution in [3.63, 3.8) is 0 Å². The van der Waals surface area contributed by atoms with Crippen LogP contribution >= 0.6 is 11.6 Å². The van der Waals surface area contributed by atoms with Crippen LogP contribution < -0.4 is 5.32 Å². The lowest BCUT2D eigenvalue weighted by Crippen LogP contribution is -2.50. The minimum Gasteiger partial charge on any atom is -0.381 e. The second-order valence-electron chi connectivity index (χ2n) is 9.07. The molecule has 0 aromatic heterocycles. The minimum absolute atomic E-state index is 0.00333. The maximum absolute atomic E-state index is 14.1. The van der Waals surface area contributed by atoms with Crippen molar-refractivity contribution in [1.82, 2.24) is 10.2 Å². The third-order valence-electron chi connectivity index (χ3n) is 6.32. The highest BCUT2D eigenvalue weighted by atomic mass is 35.5. The van der Waals surface area contributed by atoms with Crippen molar-refractivity contribution < 1.29 is 27.1 Å². The van der Waals surface area contributed by atoms with Crippen molar-refractivity contribution in [1.29, 1.82) is 0 Å². The van der Waals surface area contributed by atoms with E-state index in [0.29, 0.717) is 31.7 Å². The summed E-state index contributed by atoms with van der Waals surface area (Å²) >= 11 is 5.82. The maximum atomic E-state index is 14.1. The number of halogens is 2. The fourth-order valence-electron chi connectivity index (χ4n) is 4.42. The molecule has 1 N–H and O–H groups in total. The van der Waals surface area contributed by atoms with Gasteiger partial charge in [-0.1, -0.05) is 30.7 Å². The molecule has 4 rings (SSSR count). The molecule has 10 heteroatoms. The van der Waals surface area contributed by atoms with Gasteiger partial charge in [-0.3, -0.25) is 9.59 Å². The number of carbonyl (C=O) groups is 2. The van der Waals surface area contributed by atoms with Gasteiger partial charge < -0.3 is 15.0 Å². The van der Waals surface area contributed by atoms with Crippen LogP contribution in [0.2, 0.25) is 5.02 Å². The van der Waals surface area contributed by atoms with Crippen LogP contribution in [0.15, 0.2) is 47.4 Å². The SMILES string of the molecule is C[C@@H]1C[C@H](C(=O)N[C@@H](c2ccc(Cl)c(F)c2)C2COC2)N(C(=O)c2cccc(S(C)(=O)=O)c2)C1. The van der Waals surface area contributed by atoms with E-state index in [2.05, 4.69) is 5.32 Å². The zero-order valence-electron chi connectivity index (χ0n) is 18.8. The van der Waals surface area contributed by atoms with Crippen LogP contribution in [-0.2, 0) is 19.4 Å². The van der Waals surface area contributed by atoms with E-state index in [9.17, 15) is 22.4 Å². The topological polar surface area (TPSA) is 92.8 Å². The number of ether oxygens (including phenoxy) is 1. The van der Waals surface area contributed by atoms with Gasteiger partial charge in [0.2, 0.25) is 5.91 Å². The fourth-order valence-corrected chi connectivity index (χ4v) is 5.20. The molecule has 182 valence electrons. The van der Waals surface area contributed by atoms with E-state index in [1.807, 2.05) is 6.92 Å². The summed E-state index contributed by atoms with van der Waals surface area (Å²) in [7, 11) is -3.48. The van der Waals surface area contributed by atoms with E-state index in [4.69, 9.17) is 16.3 Å². The third kappa shape index (κ3) is 5.11. The Labute approximate surface area is 203 Å². The van der Waals surface area contributed by atoms with Crippen molar-refractivity contribution in [2.24, 2.45) is 11.8 Å². The molecular formula is C24H26ClFN2O5S. The fraction of sp³-hybridized carbons (Fsp3) is 0.417. The molecule has 2 aliphatic heterocycles. The number of amides is 2. The number of nitrogens with one attached hydrogen (secondary N) is 1. The number of nitrogens with zero attached hydrogens (tertiary/aromatic N) is 1. The Balaban J connectivity index is 1.57. The van der Waals surface area contributed by atoms with Crippen molar-refractivity contribution in [3.05, 3.63) is 64.4 Å². The smallest absolute Gasteiger partial charge is 0.254 e. The number of sulfone groups is 1. The van der Waals surface area contributed by atoms with Gasteiger partial charge in [0.1, 0.15) is 11.9 Å². The molecule has 2 aromatic carbocycles. The highest BCUT2D eigenvalue weighted by molar-refractivity contribution is 7.90. The van der Waals surface area contributed by atoms with Crippen LogP contribution in [0.1, 0.15) is 35.3 Å². The average Bonchev–Trinajstić information content (AvgIpc) is 3.14. The molecule has 2 amide bonds. The number of carbonyl (C=O) groups excluding carboxylic acids is 2. The molecule has 2 saturated heterocycles. The molecule has 2 aliphatic rings. The Morgan fingerprint density at radius 2 is 1.94 bits per heavy atom. The molecule has 3 atom stereocenters. The molecule has 7 nitrogen and oxygen atoms in total. The molecule has 0 radical (unpaired) electrons. The van der Waals surface area contributed by atoms with E-state index in [1.54, 1.807) is 12.1 Å². The van der Waals surface area contributed by atoms with Crippen molar-refractivity contribution in [2.45, 2.75) is 30.3 Å². The first-order valence-electron chi connectivity index (χ1n) is 11.0. The van der Waals surface area contributed by atoms with Crippen LogP contribution in [0.3, 0.4) is 0 Å². The second-order valence-corrected chi connectivity index (χ2v) is 11.5. The van der Waals surface area contributed by atoms with E-state index < -0.39 is 33.6 Å². The van der Waals surface area contributed by atoms with Crippen LogP contribution in [-0.4, -0.2) is 57.2 Å². The van der Waals surface area contributed by atoms with Gasteiger partial charge in [-0.2, -0.15) is 0 Å². The Morgan fingerprint density at radius 3 is 2.56 bits per heavy atom. The first kappa shape index (κ1) is 24.6. The van der Waals surface area contributed by atoms with Crippen LogP contribution in [0, 0.1) is 17.7 Å². The zero-order valence-corrected chi connectivity index (χ0v) is 20.4. The summed E-state index contributed by atoms with van der Waals surface area (Å²) in [6.45, 7) is 3.17. The molecular weight excluding hydrogens is 483 g/mol. The lowest BCUT2D eigenvalue weighted by atomic mass is 9.91. The van der Waals surface area contributed by atoms with Gasteiger partial charge in [0.05, 0.1) is 29.2 Å². The van der Waals surface area contributed by atoms with Gasteiger partial charge in [-0.05, 0) is 48.2 Å². The summed E-state index contributed by atoms with van der Waals surface area (Å²) in [5.41, 5.74) is 0.784. The zero-order chi connectivity index (χ0) is 24.6. The Kier molecular flexibility index (Phi) is 6.98. The van der Waals surface area contributed by atoms with E-state index in [1.165, 1.54) is 35.2 Å². The number of likely N-dealkylation sites (tertiary alicyclic amines) is 1. The number of benzene rings is 2. The van der Waals surface area contributed by atoms with Crippen molar-refractivity contribution in [3.8, 4) is 0 Å². The number of hydrogen-bond acceptors (Lipinski definition) is 5. The molecule has 0 aliphatic carbocycles. The Morgan fingerprint density at radius 1 is 1.21 bits per heavy atom. The van der Waals surface area contributed by atoms with Gasteiger partial charge in [0.15, 0.2) is 9.84 Å². The van der Waals surface area contributed by atoms with Gasteiger partial charge in [0.25, 0.3) is 5.91 Å². The molecule has 0 bridgehead atoms. The first-order valence-corrected chi connectivity index (χ1v) is 13.3. The van der Waals surface area contributed by atoms with E-state index in [0.717, 1.165) is 6.26 Å². The Bertz CT molecular complexity index is 1220. The lowest BCUT2D eigenvalue weighted by molar-refractivity contribution is -0.128. The molecule has 2 fully saturated rings. The molecule has 0 saturated carbocycles. The molecule has 34 heavy (non-hydrogen) atoms. The number of rotatable bonds is 6. The van der Waals surface area contributed by atoms with E-state index >= 15 is 0 Å². The standard InChI is InChI=1S/C24H26ClFN2O5S/c1-14-8-21(28(11-14)24(30)16-4-3-5-18(9-16)34(2,31)32)23(29)27-22(17-12-33-13-17)15-6-7-19(25)20(26)10-15/h3-7,9-10,14,17,21-22H,8,11-13H2,1-2H3,(H,27,29)/t14-,21-,22+/m1/s1. The second kappa shape index (κ2) is 9.64. The van der Waals surface area contributed by atoms with Gasteiger partial charge in [-0.25, -0.2) is 12.8 Å². The summed E-state index contributed by atoms with van der Waals surface area (Å²) in [5, 5.41) is 2.99. The summed E-state index contributed by atoms with van der Waals surface area (Å²) < 4.78 is 43.2. The monoisotopic (exact) mass is 508 g/mol. The van der Waals surface area contributed by atoms with E-state index in [-0.39, 0.29) is 33.2 Å². The summed E-state index contributed by atoms with van der Waals surface area (Å²) in [4.78, 5) is 28.2. The highest BCUT2D eigenvalue weighted by Crippen LogP contribution is 2.32. The maximum Gasteiger partial charge on any atom is 0.254 e. The van der Waals surface area contributed by atoms with Crippen molar-refractivity contribution >= 4 is 33.3 Å².